The minimum Gasteiger partial charge on any atom is -0.407 e. The summed E-state index contributed by atoms with van der Waals surface area (Å²) in [7, 11) is 0. The molecule has 0 radical (unpaired) electrons. The highest BCUT2D eigenvalue weighted by Crippen LogP contribution is 2.36. The minimum absolute atomic E-state index is 0.171. The first-order chi connectivity index (χ1) is 16.4. The SMILES string of the molecule is CCc1nn(-c2ccc(C)cc2)c(OC(C)=O)c1-c1ccc(NC(=O)c2ccc(C)cc2)cc1. The van der Waals surface area contributed by atoms with E-state index in [0.717, 1.165) is 33.6 Å². The molecular weight excluding hydrogens is 426 g/mol. The van der Waals surface area contributed by atoms with Crippen molar-refractivity contribution in [2.45, 2.75) is 34.1 Å². The minimum atomic E-state index is -0.417. The summed E-state index contributed by atoms with van der Waals surface area (Å²) in [5, 5.41) is 7.67. The van der Waals surface area contributed by atoms with E-state index in [2.05, 4.69) is 5.32 Å². The van der Waals surface area contributed by atoms with Crippen LogP contribution in [0.3, 0.4) is 0 Å². The van der Waals surface area contributed by atoms with Crippen LogP contribution in [0.1, 0.15) is 41.0 Å². The summed E-state index contributed by atoms with van der Waals surface area (Å²) >= 11 is 0. The Morgan fingerprint density at radius 2 is 1.47 bits per heavy atom. The lowest BCUT2D eigenvalue weighted by atomic mass is 10.0. The molecule has 0 spiro atoms. The lowest BCUT2D eigenvalue weighted by Gasteiger charge is -2.10. The molecule has 0 aliphatic rings. The van der Waals surface area contributed by atoms with Crippen molar-refractivity contribution >= 4 is 17.6 Å². The molecule has 0 aliphatic carbocycles. The molecule has 34 heavy (non-hydrogen) atoms. The number of amides is 1. The monoisotopic (exact) mass is 453 g/mol. The number of carbonyl (C=O) groups is 2. The maximum Gasteiger partial charge on any atom is 0.309 e. The van der Waals surface area contributed by atoms with E-state index >= 15 is 0 Å². The highest BCUT2D eigenvalue weighted by molar-refractivity contribution is 6.04. The standard InChI is InChI=1S/C28H27N3O3/c1-5-25-26(28(34-20(4)32)31(30-25)24-16-8-19(3)9-17-24)21-12-14-23(15-13-21)29-27(33)22-10-6-18(2)7-11-22/h6-17H,5H2,1-4H3,(H,29,33). The highest BCUT2D eigenvalue weighted by Gasteiger charge is 2.22. The lowest BCUT2D eigenvalue weighted by molar-refractivity contribution is -0.132. The zero-order valence-corrected chi connectivity index (χ0v) is 19.8. The first-order valence-electron chi connectivity index (χ1n) is 11.2. The fourth-order valence-electron chi connectivity index (χ4n) is 3.70. The summed E-state index contributed by atoms with van der Waals surface area (Å²) in [6, 6.07) is 22.8. The zero-order chi connectivity index (χ0) is 24.2. The molecule has 3 aromatic carbocycles. The number of anilines is 1. The molecule has 0 atom stereocenters. The van der Waals surface area contributed by atoms with Crippen LogP contribution >= 0.6 is 0 Å². The number of carbonyl (C=O) groups excluding carboxylic acids is 2. The van der Waals surface area contributed by atoms with Crippen molar-refractivity contribution in [2.75, 3.05) is 5.32 Å². The van der Waals surface area contributed by atoms with Gasteiger partial charge in [-0.15, -0.1) is 0 Å². The number of rotatable bonds is 6. The third-order valence-corrected chi connectivity index (χ3v) is 5.51. The van der Waals surface area contributed by atoms with Crippen LogP contribution in [0, 0.1) is 13.8 Å². The Balaban J connectivity index is 1.69. The molecule has 1 aromatic heterocycles. The number of aryl methyl sites for hydroxylation is 3. The Labute approximate surface area is 199 Å². The number of nitrogens with zero attached hydrogens (tertiary/aromatic N) is 2. The van der Waals surface area contributed by atoms with Crippen LogP contribution in [0.2, 0.25) is 0 Å². The van der Waals surface area contributed by atoms with E-state index in [1.807, 2.05) is 81.4 Å². The molecule has 4 aromatic rings. The number of ether oxygens (including phenoxy) is 1. The van der Waals surface area contributed by atoms with Gasteiger partial charge < -0.3 is 10.1 Å². The molecule has 172 valence electrons. The zero-order valence-electron chi connectivity index (χ0n) is 19.8. The van der Waals surface area contributed by atoms with E-state index in [-0.39, 0.29) is 5.91 Å². The second kappa shape index (κ2) is 9.75. The molecule has 1 N–H and O–H groups in total. The van der Waals surface area contributed by atoms with Gasteiger partial charge >= 0.3 is 5.97 Å². The number of hydrogen-bond acceptors (Lipinski definition) is 4. The number of benzene rings is 3. The van der Waals surface area contributed by atoms with Crippen molar-refractivity contribution in [3.8, 4) is 22.7 Å². The van der Waals surface area contributed by atoms with Crippen LogP contribution < -0.4 is 10.1 Å². The van der Waals surface area contributed by atoms with Gasteiger partial charge in [0.05, 0.1) is 16.9 Å². The van der Waals surface area contributed by atoms with E-state index in [4.69, 9.17) is 9.84 Å². The molecule has 0 saturated carbocycles. The van der Waals surface area contributed by atoms with Crippen molar-refractivity contribution in [3.05, 3.63) is 95.2 Å². The van der Waals surface area contributed by atoms with E-state index < -0.39 is 5.97 Å². The van der Waals surface area contributed by atoms with Crippen LogP contribution in [0.5, 0.6) is 5.88 Å². The van der Waals surface area contributed by atoms with Crippen molar-refractivity contribution in [1.29, 1.82) is 0 Å². The van der Waals surface area contributed by atoms with Gasteiger partial charge in [0, 0.05) is 18.2 Å². The lowest BCUT2D eigenvalue weighted by Crippen LogP contribution is -2.11. The number of nitrogens with one attached hydrogen (secondary N) is 1. The van der Waals surface area contributed by atoms with Gasteiger partial charge in [0.1, 0.15) is 0 Å². The molecule has 1 heterocycles. The molecule has 6 heteroatoms. The van der Waals surface area contributed by atoms with Gasteiger partial charge in [0.15, 0.2) is 0 Å². The van der Waals surface area contributed by atoms with Crippen LogP contribution in [-0.2, 0) is 11.2 Å². The molecule has 0 bridgehead atoms. The van der Waals surface area contributed by atoms with Gasteiger partial charge in [-0.3, -0.25) is 9.59 Å². The van der Waals surface area contributed by atoms with Crippen molar-refractivity contribution in [3.63, 3.8) is 0 Å². The van der Waals surface area contributed by atoms with Gasteiger partial charge in [-0.1, -0.05) is 54.4 Å². The molecule has 0 fully saturated rings. The third kappa shape index (κ3) is 4.91. The average molecular weight is 454 g/mol. The summed E-state index contributed by atoms with van der Waals surface area (Å²) in [6.45, 7) is 7.39. The Kier molecular flexibility index (Phi) is 6.59. The fraction of sp³-hybridized carbons (Fsp3) is 0.179. The summed E-state index contributed by atoms with van der Waals surface area (Å²) in [5.41, 5.74) is 6.73. The second-order valence-electron chi connectivity index (χ2n) is 8.22. The quantitative estimate of drug-likeness (QED) is 0.369. The second-order valence-corrected chi connectivity index (χ2v) is 8.22. The topological polar surface area (TPSA) is 73.2 Å². The summed E-state index contributed by atoms with van der Waals surface area (Å²) < 4.78 is 7.32. The molecule has 1 amide bonds. The van der Waals surface area contributed by atoms with Crippen LogP contribution in [-0.4, -0.2) is 21.7 Å². The molecule has 0 aliphatic heterocycles. The molecule has 6 nitrogen and oxygen atoms in total. The van der Waals surface area contributed by atoms with E-state index in [1.54, 1.807) is 16.8 Å². The molecule has 0 unspecified atom stereocenters. The highest BCUT2D eigenvalue weighted by atomic mass is 16.5. The first kappa shape index (κ1) is 23.0. The largest absolute Gasteiger partial charge is 0.407 e. The Morgan fingerprint density at radius 1 is 0.882 bits per heavy atom. The van der Waals surface area contributed by atoms with Gasteiger partial charge in [-0.25, -0.2) is 0 Å². The van der Waals surface area contributed by atoms with Crippen LogP contribution in [0.25, 0.3) is 16.8 Å². The molecule has 4 rings (SSSR count). The number of esters is 1. The number of hydrogen-bond donors (Lipinski definition) is 1. The maximum absolute atomic E-state index is 12.6. The third-order valence-electron chi connectivity index (χ3n) is 5.51. The average Bonchev–Trinajstić information content (AvgIpc) is 3.18. The van der Waals surface area contributed by atoms with E-state index in [9.17, 15) is 9.59 Å². The Hall–Kier alpha value is -4.19. The van der Waals surface area contributed by atoms with Crippen molar-refractivity contribution in [1.82, 2.24) is 9.78 Å². The van der Waals surface area contributed by atoms with E-state index in [1.165, 1.54) is 6.92 Å². The van der Waals surface area contributed by atoms with Crippen molar-refractivity contribution in [2.24, 2.45) is 0 Å². The predicted octanol–water partition coefficient (Wildman–Crippen LogP) is 5.90. The first-order valence-corrected chi connectivity index (χ1v) is 11.2. The van der Waals surface area contributed by atoms with Crippen LogP contribution in [0.4, 0.5) is 5.69 Å². The Bertz CT molecular complexity index is 1320. The summed E-state index contributed by atoms with van der Waals surface area (Å²) in [4.78, 5) is 24.5. The smallest absolute Gasteiger partial charge is 0.309 e. The van der Waals surface area contributed by atoms with Gasteiger partial charge in [0.2, 0.25) is 5.88 Å². The van der Waals surface area contributed by atoms with Gasteiger partial charge in [-0.2, -0.15) is 9.78 Å². The molecule has 0 saturated heterocycles. The van der Waals surface area contributed by atoms with Gasteiger partial charge in [0.25, 0.3) is 5.91 Å². The van der Waals surface area contributed by atoms with E-state index in [0.29, 0.717) is 23.6 Å². The summed E-state index contributed by atoms with van der Waals surface area (Å²) in [6.07, 6.45) is 0.661. The van der Waals surface area contributed by atoms with Crippen molar-refractivity contribution < 1.29 is 14.3 Å². The summed E-state index contributed by atoms with van der Waals surface area (Å²) in [5.74, 6) is -0.210. The predicted molar refractivity (Wildman–Crippen MR) is 134 cm³/mol. The van der Waals surface area contributed by atoms with Crippen LogP contribution in [0.15, 0.2) is 72.8 Å². The Morgan fingerprint density at radius 3 is 2.03 bits per heavy atom. The fourth-order valence-corrected chi connectivity index (χ4v) is 3.70. The molecular formula is C28H27N3O3. The normalized spacial score (nSPS) is 10.7. The number of aromatic nitrogens is 2. The maximum atomic E-state index is 12.6. The van der Waals surface area contributed by atoms with Gasteiger partial charge in [-0.05, 0) is 62.2 Å².